The quantitative estimate of drug-likeness (QED) is 0.691. The predicted molar refractivity (Wildman–Crippen MR) is 89.6 cm³/mol. The standard InChI is InChI=1S/C18H22O4S/c1-3-17(14-21-13-16-7-5-4-6-8-16)22-23(19,20)18-11-9-15(2)10-12-18/h4-12,17H,3,13-14H2,1-2H3/t17-/m1/s1. The van der Waals surface area contributed by atoms with Crippen LogP contribution in [0.15, 0.2) is 59.5 Å². The van der Waals surface area contributed by atoms with E-state index in [0.717, 1.165) is 11.1 Å². The fourth-order valence-corrected chi connectivity index (χ4v) is 3.17. The molecule has 0 aliphatic rings. The zero-order valence-corrected chi connectivity index (χ0v) is 14.3. The molecule has 4 nitrogen and oxygen atoms in total. The van der Waals surface area contributed by atoms with Crippen LogP contribution in [0.2, 0.25) is 0 Å². The van der Waals surface area contributed by atoms with Crippen LogP contribution < -0.4 is 0 Å². The van der Waals surface area contributed by atoms with Crippen molar-refractivity contribution >= 4 is 10.1 Å². The molecule has 0 amide bonds. The highest BCUT2D eigenvalue weighted by Gasteiger charge is 2.20. The molecule has 1 atom stereocenters. The van der Waals surface area contributed by atoms with Crippen LogP contribution in [0.25, 0.3) is 0 Å². The normalized spacial score (nSPS) is 13.0. The molecule has 0 aliphatic carbocycles. The lowest BCUT2D eigenvalue weighted by Crippen LogP contribution is -2.23. The van der Waals surface area contributed by atoms with Gasteiger partial charge in [-0.05, 0) is 31.0 Å². The fraction of sp³-hybridized carbons (Fsp3) is 0.333. The van der Waals surface area contributed by atoms with Crippen LogP contribution in [0.3, 0.4) is 0 Å². The minimum atomic E-state index is -3.76. The maximum Gasteiger partial charge on any atom is 0.297 e. The van der Waals surface area contributed by atoms with Crippen molar-refractivity contribution in [2.75, 3.05) is 6.61 Å². The summed E-state index contributed by atoms with van der Waals surface area (Å²) in [6.45, 7) is 4.45. The fourth-order valence-electron chi connectivity index (χ4n) is 2.04. The van der Waals surface area contributed by atoms with Crippen molar-refractivity contribution in [1.82, 2.24) is 0 Å². The van der Waals surface area contributed by atoms with E-state index in [9.17, 15) is 8.42 Å². The number of ether oxygens (including phenoxy) is 1. The Morgan fingerprint density at radius 2 is 1.65 bits per heavy atom. The SMILES string of the molecule is CC[C@H](COCc1ccccc1)OS(=O)(=O)c1ccc(C)cc1. The Hall–Kier alpha value is -1.69. The Balaban J connectivity index is 1.91. The summed E-state index contributed by atoms with van der Waals surface area (Å²) in [6.07, 6.45) is 0.0601. The number of aryl methyl sites for hydroxylation is 1. The summed E-state index contributed by atoms with van der Waals surface area (Å²) in [7, 11) is -3.76. The zero-order valence-electron chi connectivity index (χ0n) is 13.4. The molecule has 2 aromatic rings. The molecule has 0 radical (unpaired) electrons. The van der Waals surface area contributed by atoms with Crippen molar-refractivity contribution in [2.24, 2.45) is 0 Å². The Kier molecular flexibility index (Phi) is 6.33. The molecule has 0 N–H and O–H groups in total. The van der Waals surface area contributed by atoms with Crippen molar-refractivity contribution in [2.45, 2.75) is 37.9 Å². The third-order valence-electron chi connectivity index (χ3n) is 3.44. The van der Waals surface area contributed by atoms with Crippen LogP contribution >= 0.6 is 0 Å². The molecule has 5 heteroatoms. The molecule has 0 spiro atoms. The third-order valence-corrected chi connectivity index (χ3v) is 4.82. The molecule has 0 saturated heterocycles. The van der Waals surface area contributed by atoms with Crippen LogP contribution in [0.1, 0.15) is 24.5 Å². The van der Waals surface area contributed by atoms with E-state index < -0.39 is 16.2 Å². The zero-order chi connectivity index (χ0) is 16.7. The second-order valence-electron chi connectivity index (χ2n) is 5.39. The summed E-state index contributed by atoms with van der Waals surface area (Å²) >= 11 is 0. The van der Waals surface area contributed by atoms with Gasteiger partial charge in [0.15, 0.2) is 0 Å². The Morgan fingerprint density at radius 1 is 1.00 bits per heavy atom. The molecular formula is C18H22O4S. The van der Waals surface area contributed by atoms with Gasteiger partial charge in [0.2, 0.25) is 0 Å². The van der Waals surface area contributed by atoms with E-state index in [0.29, 0.717) is 13.0 Å². The third kappa shape index (κ3) is 5.46. The highest BCUT2D eigenvalue weighted by Crippen LogP contribution is 2.16. The van der Waals surface area contributed by atoms with E-state index in [-0.39, 0.29) is 11.5 Å². The average Bonchev–Trinajstić information content (AvgIpc) is 2.55. The van der Waals surface area contributed by atoms with Gasteiger partial charge in [0, 0.05) is 0 Å². The minimum absolute atomic E-state index is 0.171. The summed E-state index contributed by atoms with van der Waals surface area (Å²) in [5.74, 6) is 0. The molecular weight excluding hydrogens is 312 g/mol. The summed E-state index contributed by atoms with van der Waals surface area (Å²) < 4.78 is 35.4. The van der Waals surface area contributed by atoms with E-state index in [4.69, 9.17) is 8.92 Å². The first-order chi connectivity index (χ1) is 11.0. The number of hydrogen-bond donors (Lipinski definition) is 0. The summed E-state index contributed by atoms with van der Waals surface area (Å²) in [5.41, 5.74) is 2.05. The highest BCUT2D eigenvalue weighted by atomic mass is 32.2. The van der Waals surface area contributed by atoms with Gasteiger partial charge in [0.25, 0.3) is 10.1 Å². The average molecular weight is 334 g/mol. The Labute approximate surface area is 138 Å². The van der Waals surface area contributed by atoms with Crippen LogP contribution in [0, 0.1) is 6.92 Å². The molecule has 0 heterocycles. The molecule has 0 aromatic heterocycles. The van der Waals surface area contributed by atoms with Crippen molar-refractivity contribution in [3.05, 3.63) is 65.7 Å². The van der Waals surface area contributed by atoms with Crippen molar-refractivity contribution in [3.63, 3.8) is 0 Å². The Bertz CT molecular complexity index is 694. The maximum absolute atomic E-state index is 12.3. The van der Waals surface area contributed by atoms with Gasteiger partial charge in [0.1, 0.15) is 6.10 Å². The lowest BCUT2D eigenvalue weighted by Gasteiger charge is -2.16. The maximum atomic E-state index is 12.3. The molecule has 0 aliphatic heterocycles. The molecule has 23 heavy (non-hydrogen) atoms. The van der Waals surface area contributed by atoms with Crippen molar-refractivity contribution in [1.29, 1.82) is 0 Å². The van der Waals surface area contributed by atoms with Gasteiger partial charge in [-0.25, -0.2) is 0 Å². The summed E-state index contributed by atoms with van der Waals surface area (Å²) in [5, 5.41) is 0. The van der Waals surface area contributed by atoms with Gasteiger partial charge in [-0.15, -0.1) is 0 Å². The lowest BCUT2D eigenvalue weighted by molar-refractivity contribution is 0.0425. The largest absolute Gasteiger partial charge is 0.374 e. The number of hydrogen-bond acceptors (Lipinski definition) is 4. The monoisotopic (exact) mass is 334 g/mol. The van der Waals surface area contributed by atoms with Gasteiger partial charge in [0.05, 0.1) is 18.1 Å². The van der Waals surface area contributed by atoms with E-state index >= 15 is 0 Å². The van der Waals surface area contributed by atoms with Crippen LogP contribution in [0.4, 0.5) is 0 Å². The molecule has 2 rings (SSSR count). The smallest absolute Gasteiger partial charge is 0.297 e. The van der Waals surface area contributed by atoms with Crippen molar-refractivity contribution in [3.8, 4) is 0 Å². The van der Waals surface area contributed by atoms with Gasteiger partial charge in [-0.3, -0.25) is 4.18 Å². The molecule has 0 unspecified atom stereocenters. The van der Waals surface area contributed by atoms with Crippen LogP contribution in [-0.4, -0.2) is 21.1 Å². The first-order valence-corrected chi connectivity index (χ1v) is 9.03. The highest BCUT2D eigenvalue weighted by molar-refractivity contribution is 7.86. The lowest BCUT2D eigenvalue weighted by atomic mass is 10.2. The second kappa shape index (κ2) is 8.24. The van der Waals surface area contributed by atoms with Gasteiger partial charge >= 0.3 is 0 Å². The topological polar surface area (TPSA) is 52.6 Å². The molecule has 0 saturated carbocycles. The van der Waals surface area contributed by atoms with Gasteiger partial charge in [-0.2, -0.15) is 8.42 Å². The molecule has 0 bridgehead atoms. The molecule has 2 aromatic carbocycles. The predicted octanol–water partition coefficient (Wildman–Crippen LogP) is 3.70. The minimum Gasteiger partial charge on any atom is -0.374 e. The molecule has 124 valence electrons. The van der Waals surface area contributed by atoms with E-state index in [1.54, 1.807) is 24.3 Å². The Morgan fingerprint density at radius 3 is 2.26 bits per heavy atom. The second-order valence-corrected chi connectivity index (χ2v) is 6.97. The van der Waals surface area contributed by atoms with Crippen LogP contribution in [0.5, 0.6) is 0 Å². The summed E-state index contributed by atoms with van der Waals surface area (Å²) in [4.78, 5) is 0.171. The summed E-state index contributed by atoms with van der Waals surface area (Å²) in [6, 6.07) is 16.4. The first kappa shape index (κ1) is 17.7. The molecule has 0 fully saturated rings. The van der Waals surface area contributed by atoms with Crippen LogP contribution in [-0.2, 0) is 25.6 Å². The number of rotatable bonds is 8. The van der Waals surface area contributed by atoms with Gasteiger partial charge < -0.3 is 4.74 Å². The first-order valence-electron chi connectivity index (χ1n) is 7.63. The van der Waals surface area contributed by atoms with E-state index in [1.165, 1.54) is 0 Å². The number of benzene rings is 2. The van der Waals surface area contributed by atoms with Crippen molar-refractivity contribution < 1.29 is 17.3 Å². The van der Waals surface area contributed by atoms with E-state index in [2.05, 4.69) is 0 Å². The van der Waals surface area contributed by atoms with Gasteiger partial charge in [-0.1, -0.05) is 55.0 Å². The van der Waals surface area contributed by atoms with E-state index in [1.807, 2.05) is 44.2 Å².